The van der Waals surface area contributed by atoms with Crippen molar-refractivity contribution in [1.82, 2.24) is 9.55 Å². The number of Topliss-reactive ketones (excluding diaryl/α,β-unsaturated/α-hetero) is 1. The molecule has 7 heteroatoms. The van der Waals surface area contributed by atoms with E-state index in [0.29, 0.717) is 38.8 Å². The third-order valence-electron chi connectivity index (χ3n) is 4.80. The average Bonchev–Trinajstić information content (AvgIpc) is 2.82. The molecule has 0 aliphatic carbocycles. The van der Waals surface area contributed by atoms with Gasteiger partial charge in [0.1, 0.15) is 0 Å². The molecular weight excluding hydrogens is 412 g/mol. The molecule has 0 fully saturated rings. The summed E-state index contributed by atoms with van der Waals surface area (Å²) < 4.78 is 12.2. The highest BCUT2D eigenvalue weighted by molar-refractivity contribution is 7.99. The Morgan fingerprint density at radius 1 is 0.935 bits per heavy atom. The predicted octanol–water partition coefficient (Wildman–Crippen LogP) is 4.38. The Labute approximate surface area is 183 Å². The minimum atomic E-state index is -0.215. The van der Waals surface area contributed by atoms with E-state index in [1.54, 1.807) is 55.6 Å². The van der Waals surface area contributed by atoms with E-state index >= 15 is 0 Å². The number of ketones is 1. The number of carbonyl (C=O) groups is 1. The van der Waals surface area contributed by atoms with Crippen molar-refractivity contribution in [2.24, 2.45) is 0 Å². The van der Waals surface area contributed by atoms with E-state index in [0.717, 1.165) is 0 Å². The fourth-order valence-electron chi connectivity index (χ4n) is 3.24. The summed E-state index contributed by atoms with van der Waals surface area (Å²) in [6.07, 6.45) is 0. The van der Waals surface area contributed by atoms with Gasteiger partial charge in [0, 0.05) is 11.6 Å². The topological polar surface area (TPSA) is 70.4 Å². The molecule has 1 heterocycles. The van der Waals surface area contributed by atoms with Gasteiger partial charge in [0.25, 0.3) is 5.56 Å². The molecule has 0 amide bonds. The van der Waals surface area contributed by atoms with Crippen LogP contribution in [0.4, 0.5) is 0 Å². The Hall–Kier alpha value is -3.58. The molecule has 0 aliphatic heterocycles. The minimum Gasteiger partial charge on any atom is -0.493 e. The first-order valence-electron chi connectivity index (χ1n) is 9.57. The van der Waals surface area contributed by atoms with Crippen LogP contribution < -0.4 is 15.0 Å². The maximum absolute atomic E-state index is 13.4. The third-order valence-corrected chi connectivity index (χ3v) is 5.74. The fraction of sp³-hybridized carbons (Fsp3) is 0.125. The number of thioether (sulfide) groups is 1. The zero-order chi connectivity index (χ0) is 21.8. The van der Waals surface area contributed by atoms with Gasteiger partial charge in [-0.25, -0.2) is 4.98 Å². The van der Waals surface area contributed by atoms with Gasteiger partial charge in [0.15, 0.2) is 22.4 Å². The van der Waals surface area contributed by atoms with Crippen molar-refractivity contribution in [3.63, 3.8) is 0 Å². The van der Waals surface area contributed by atoms with Crippen LogP contribution in [-0.2, 0) is 0 Å². The number of nitrogens with zero attached hydrogens (tertiary/aromatic N) is 2. The molecule has 0 saturated carbocycles. The molecule has 31 heavy (non-hydrogen) atoms. The van der Waals surface area contributed by atoms with Crippen LogP contribution in [0.25, 0.3) is 16.6 Å². The maximum atomic E-state index is 13.4. The summed E-state index contributed by atoms with van der Waals surface area (Å²) in [5.41, 5.74) is 1.57. The van der Waals surface area contributed by atoms with E-state index in [2.05, 4.69) is 4.98 Å². The molecule has 3 aromatic carbocycles. The predicted molar refractivity (Wildman–Crippen MR) is 122 cm³/mol. The lowest BCUT2D eigenvalue weighted by Crippen LogP contribution is -2.22. The fourth-order valence-corrected chi connectivity index (χ4v) is 4.15. The van der Waals surface area contributed by atoms with Crippen molar-refractivity contribution >= 4 is 28.4 Å². The lowest BCUT2D eigenvalue weighted by molar-refractivity contribution is 0.102. The second kappa shape index (κ2) is 9.06. The highest BCUT2D eigenvalue weighted by Gasteiger charge is 2.17. The van der Waals surface area contributed by atoms with E-state index in [4.69, 9.17) is 9.47 Å². The summed E-state index contributed by atoms with van der Waals surface area (Å²) in [7, 11) is 3.09. The quantitative estimate of drug-likeness (QED) is 0.245. The first-order valence-corrected chi connectivity index (χ1v) is 10.6. The molecule has 0 radical (unpaired) electrons. The van der Waals surface area contributed by atoms with Crippen LogP contribution in [0.1, 0.15) is 10.4 Å². The molecule has 0 atom stereocenters. The number of methoxy groups -OCH3 is 2. The monoisotopic (exact) mass is 432 g/mol. The summed E-state index contributed by atoms with van der Waals surface area (Å²) >= 11 is 1.23. The second-order valence-electron chi connectivity index (χ2n) is 6.67. The number of rotatable bonds is 7. The summed E-state index contributed by atoms with van der Waals surface area (Å²) in [6.45, 7) is 0. The molecule has 0 spiro atoms. The molecule has 0 aliphatic rings. The first-order chi connectivity index (χ1) is 15.1. The highest BCUT2D eigenvalue weighted by atomic mass is 32.2. The van der Waals surface area contributed by atoms with E-state index in [9.17, 15) is 9.59 Å². The van der Waals surface area contributed by atoms with E-state index in [1.165, 1.54) is 23.4 Å². The molecule has 6 nitrogen and oxygen atoms in total. The Morgan fingerprint density at radius 2 is 1.65 bits per heavy atom. The van der Waals surface area contributed by atoms with Gasteiger partial charge in [-0.15, -0.1) is 0 Å². The SMILES string of the molecule is COc1ccc(-n2c(SCC(=O)c3ccccc3)nc3ccccc3c2=O)cc1OC. The number of benzene rings is 3. The first kappa shape index (κ1) is 20.7. The zero-order valence-corrected chi connectivity index (χ0v) is 17.9. The average molecular weight is 433 g/mol. The van der Waals surface area contributed by atoms with Crippen LogP contribution in [0.15, 0.2) is 82.7 Å². The molecule has 0 unspecified atom stereocenters. The van der Waals surface area contributed by atoms with Crippen LogP contribution in [0, 0.1) is 0 Å². The van der Waals surface area contributed by atoms with Gasteiger partial charge in [-0.3, -0.25) is 14.2 Å². The van der Waals surface area contributed by atoms with Gasteiger partial charge >= 0.3 is 0 Å². The Morgan fingerprint density at radius 3 is 2.39 bits per heavy atom. The second-order valence-corrected chi connectivity index (χ2v) is 7.61. The molecule has 156 valence electrons. The molecular formula is C24H20N2O4S. The van der Waals surface area contributed by atoms with E-state index in [-0.39, 0.29) is 17.1 Å². The lowest BCUT2D eigenvalue weighted by Gasteiger charge is -2.15. The number of ether oxygens (including phenoxy) is 2. The minimum absolute atomic E-state index is 0.0353. The summed E-state index contributed by atoms with van der Waals surface area (Å²) in [4.78, 5) is 30.7. The molecule has 0 bridgehead atoms. The number of hydrogen-bond donors (Lipinski definition) is 0. The molecule has 0 saturated heterocycles. The van der Waals surface area contributed by atoms with Crippen molar-refractivity contribution in [1.29, 1.82) is 0 Å². The molecule has 1 aromatic heterocycles. The largest absolute Gasteiger partial charge is 0.493 e. The molecule has 4 aromatic rings. The Bertz CT molecular complexity index is 1300. The van der Waals surface area contributed by atoms with Gasteiger partial charge in [-0.2, -0.15) is 0 Å². The number of hydrogen-bond acceptors (Lipinski definition) is 6. The van der Waals surface area contributed by atoms with Crippen LogP contribution >= 0.6 is 11.8 Å². The van der Waals surface area contributed by atoms with Crippen molar-refractivity contribution in [2.45, 2.75) is 5.16 Å². The van der Waals surface area contributed by atoms with Crippen LogP contribution in [0.3, 0.4) is 0 Å². The molecule has 4 rings (SSSR count). The summed E-state index contributed by atoms with van der Waals surface area (Å²) in [5, 5.41) is 0.927. The van der Waals surface area contributed by atoms with Crippen LogP contribution in [-0.4, -0.2) is 35.3 Å². The zero-order valence-electron chi connectivity index (χ0n) is 17.1. The van der Waals surface area contributed by atoms with Crippen molar-refractivity contribution in [3.05, 3.63) is 88.7 Å². The summed E-state index contributed by atoms with van der Waals surface area (Å²) in [5.74, 6) is 1.17. The van der Waals surface area contributed by atoms with Crippen molar-refractivity contribution < 1.29 is 14.3 Å². The normalized spacial score (nSPS) is 10.8. The lowest BCUT2D eigenvalue weighted by atomic mass is 10.2. The van der Waals surface area contributed by atoms with Gasteiger partial charge in [-0.05, 0) is 24.3 Å². The van der Waals surface area contributed by atoms with Crippen molar-refractivity contribution in [2.75, 3.05) is 20.0 Å². The maximum Gasteiger partial charge on any atom is 0.266 e. The van der Waals surface area contributed by atoms with E-state index in [1.807, 2.05) is 24.3 Å². The van der Waals surface area contributed by atoms with Gasteiger partial charge in [0.05, 0.1) is 36.6 Å². The van der Waals surface area contributed by atoms with Gasteiger partial charge < -0.3 is 9.47 Å². The number of aromatic nitrogens is 2. The van der Waals surface area contributed by atoms with Gasteiger partial charge in [0.2, 0.25) is 0 Å². The van der Waals surface area contributed by atoms with Crippen LogP contribution in [0.5, 0.6) is 11.5 Å². The highest BCUT2D eigenvalue weighted by Crippen LogP contribution is 2.30. The standard InChI is InChI=1S/C24H20N2O4S/c1-29-21-13-12-17(14-22(21)30-2)26-23(28)18-10-6-7-11-19(18)25-24(26)31-15-20(27)16-8-4-3-5-9-16/h3-14H,15H2,1-2H3. The third kappa shape index (κ3) is 4.18. The summed E-state index contributed by atoms with van der Waals surface area (Å²) in [6, 6.07) is 21.5. The molecule has 0 N–H and O–H groups in total. The Kier molecular flexibility index (Phi) is 6.04. The van der Waals surface area contributed by atoms with Crippen LogP contribution in [0.2, 0.25) is 0 Å². The van der Waals surface area contributed by atoms with E-state index < -0.39 is 0 Å². The van der Waals surface area contributed by atoms with Gasteiger partial charge in [-0.1, -0.05) is 54.2 Å². The smallest absolute Gasteiger partial charge is 0.266 e. The number of para-hydroxylation sites is 1. The number of carbonyl (C=O) groups excluding carboxylic acids is 1. The van der Waals surface area contributed by atoms with Crippen molar-refractivity contribution in [3.8, 4) is 17.2 Å². The number of fused-ring (bicyclic) bond motifs is 1. The Balaban J connectivity index is 1.81.